The molecule has 2 amide bonds. The highest BCUT2D eigenvalue weighted by atomic mass is 16.2. The molecule has 1 aliphatic carbocycles. The molecule has 1 saturated carbocycles. The summed E-state index contributed by atoms with van der Waals surface area (Å²) in [5.41, 5.74) is 4.32. The molecule has 31 heavy (non-hydrogen) atoms. The molecule has 4 fully saturated rings. The smallest absolute Gasteiger partial charge is 0.253 e. The monoisotopic (exact) mass is 417 g/mol. The summed E-state index contributed by atoms with van der Waals surface area (Å²) in [5.74, 6) is 1.17. The summed E-state index contributed by atoms with van der Waals surface area (Å²) in [6, 6.07) is 17.3. The van der Waals surface area contributed by atoms with Gasteiger partial charge in [-0.2, -0.15) is 0 Å². The molecule has 2 bridgehead atoms. The Kier molecular flexibility index (Phi) is 5.30. The van der Waals surface area contributed by atoms with Crippen molar-refractivity contribution < 1.29 is 9.59 Å². The van der Waals surface area contributed by atoms with E-state index in [9.17, 15) is 9.59 Å². The van der Waals surface area contributed by atoms with Crippen LogP contribution >= 0.6 is 0 Å². The highest BCUT2D eigenvalue weighted by Gasteiger charge is 2.48. The molecule has 1 unspecified atom stereocenters. The molecule has 2 aromatic rings. The van der Waals surface area contributed by atoms with Crippen molar-refractivity contribution in [3.63, 3.8) is 0 Å². The number of carbonyl (C=O) groups excluding carboxylic acids is 2. The van der Waals surface area contributed by atoms with Crippen LogP contribution in [-0.4, -0.2) is 60.9 Å². The van der Waals surface area contributed by atoms with Gasteiger partial charge in [0.15, 0.2) is 0 Å². The van der Waals surface area contributed by atoms with Crippen LogP contribution in [0.25, 0.3) is 11.1 Å². The van der Waals surface area contributed by atoms with Gasteiger partial charge in [0.2, 0.25) is 5.91 Å². The number of nitrogens with zero attached hydrogens (tertiary/aromatic N) is 2. The van der Waals surface area contributed by atoms with E-state index in [2.05, 4.69) is 34.5 Å². The van der Waals surface area contributed by atoms with Gasteiger partial charge < -0.3 is 15.1 Å². The summed E-state index contributed by atoms with van der Waals surface area (Å²) in [6.45, 7) is 1.67. The van der Waals surface area contributed by atoms with Crippen LogP contribution in [0, 0.1) is 5.92 Å². The number of benzene rings is 2. The third-order valence-corrected chi connectivity index (χ3v) is 7.31. The minimum atomic E-state index is 0.0198. The third-order valence-electron chi connectivity index (χ3n) is 7.31. The Morgan fingerprint density at radius 2 is 1.42 bits per heavy atom. The normalized spacial score (nSPS) is 25.2. The standard InChI is InChI=1S/C26H31N3O2/c1-28(2)25(30)21-13-9-18(10-14-21)17-7-11-19(12-8-17)24-22-15-29(16-23(24)27-22)26(31)20-5-3-4-6-20/h7-14,20,22-24,27H,3-6,15-16H2,1-2H3/t22-,23+,24?. The number of nitrogens with one attached hydrogen (secondary N) is 1. The summed E-state index contributed by atoms with van der Waals surface area (Å²) in [7, 11) is 3.53. The fourth-order valence-corrected chi connectivity index (χ4v) is 5.56. The number of amides is 2. The van der Waals surface area contributed by atoms with Crippen molar-refractivity contribution >= 4 is 11.8 Å². The minimum absolute atomic E-state index is 0.0198. The van der Waals surface area contributed by atoms with Crippen LogP contribution in [0.2, 0.25) is 0 Å². The lowest BCUT2D eigenvalue weighted by Gasteiger charge is -2.55. The predicted molar refractivity (Wildman–Crippen MR) is 122 cm³/mol. The third kappa shape index (κ3) is 3.76. The number of fused-ring (bicyclic) bond motifs is 2. The van der Waals surface area contributed by atoms with E-state index in [1.807, 2.05) is 24.3 Å². The van der Waals surface area contributed by atoms with Crippen molar-refractivity contribution in [1.82, 2.24) is 15.1 Å². The zero-order chi connectivity index (χ0) is 21.5. The lowest BCUT2D eigenvalue weighted by molar-refractivity contribution is -0.140. The van der Waals surface area contributed by atoms with E-state index < -0.39 is 0 Å². The van der Waals surface area contributed by atoms with Crippen LogP contribution in [0.15, 0.2) is 48.5 Å². The Hall–Kier alpha value is -2.66. The van der Waals surface area contributed by atoms with E-state index in [-0.39, 0.29) is 11.8 Å². The second-order valence-corrected chi connectivity index (χ2v) is 9.53. The number of piperazine rings is 1. The van der Waals surface area contributed by atoms with Crippen LogP contribution in [0.4, 0.5) is 0 Å². The SMILES string of the molecule is CN(C)C(=O)c1ccc(-c2ccc(C3[C@@H]4CN(C(=O)C5CCCC5)C[C@H]3N4)cc2)cc1. The van der Waals surface area contributed by atoms with Crippen LogP contribution in [-0.2, 0) is 4.79 Å². The van der Waals surface area contributed by atoms with E-state index in [4.69, 9.17) is 0 Å². The molecule has 3 heterocycles. The van der Waals surface area contributed by atoms with Crippen LogP contribution in [0.5, 0.6) is 0 Å². The fourth-order valence-electron chi connectivity index (χ4n) is 5.56. The molecule has 5 nitrogen and oxygen atoms in total. The van der Waals surface area contributed by atoms with Gasteiger partial charge in [-0.25, -0.2) is 0 Å². The van der Waals surface area contributed by atoms with Gasteiger partial charge in [-0.15, -0.1) is 0 Å². The Labute approximate surface area is 184 Å². The molecule has 0 spiro atoms. The molecule has 2 aromatic carbocycles. The van der Waals surface area contributed by atoms with Crippen LogP contribution in [0.3, 0.4) is 0 Å². The van der Waals surface area contributed by atoms with Crippen molar-refractivity contribution in [2.75, 3.05) is 27.2 Å². The lowest BCUT2D eigenvalue weighted by Crippen LogP contribution is -2.72. The average Bonchev–Trinajstić information content (AvgIpc) is 3.33. The van der Waals surface area contributed by atoms with E-state index >= 15 is 0 Å². The highest BCUT2D eigenvalue weighted by Crippen LogP contribution is 2.39. The first-order valence-electron chi connectivity index (χ1n) is 11.5. The van der Waals surface area contributed by atoms with Gasteiger partial charge in [0.1, 0.15) is 0 Å². The van der Waals surface area contributed by atoms with Gasteiger partial charge in [0.05, 0.1) is 0 Å². The maximum absolute atomic E-state index is 12.8. The lowest BCUT2D eigenvalue weighted by atomic mass is 9.74. The Bertz CT molecular complexity index is 949. The first kappa shape index (κ1) is 20.3. The van der Waals surface area contributed by atoms with Crippen molar-refractivity contribution in [3.8, 4) is 11.1 Å². The molecule has 4 aliphatic rings. The van der Waals surface area contributed by atoms with E-state index in [1.54, 1.807) is 19.0 Å². The van der Waals surface area contributed by atoms with E-state index in [1.165, 1.54) is 18.4 Å². The second-order valence-electron chi connectivity index (χ2n) is 9.53. The number of carbonyl (C=O) groups is 2. The Morgan fingerprint density at radius 1 is 0.871 bits per heavy atom. The summed E-state index contributed by atoms with van der Waals surface area (Å²) in [6.07, 6.45) is 4.57. The van der Waals surface area contributed by atoms with Crippen molar-refractivity contribution in [1.29, 1.82) is 0 Å². The first-order chi connectivity index (χ1) is 15.0. The van der Waals surface area contributed by atoms with Gasteiger partial charge in [0.25, 0.3) is 5.91 Å². The molecule has 6 rings (SSSR count). The van der Waals surface area contributed by atoms with E-state index in [0.717, 1.165) is 37.1 Å². The number of hydrogen-bond donors (Lipinski definition) is 1. The topological polar surface area (TPSA) is 52.7 Å². The summed E-state index contributed by atoms with van der Waals surface area (Å²) < 4.78 is 0. The zero-order valence-corrected chi connectivity index (χ0v) is 18.4. The number of hydrogen-bond acceptors (Lipinski definition) is 3. The van der Waals surface area contributed by atoms with Gasteiger partial charge in [-0.3, -0.25) is 9.59 Å². The number of piperidine rings is 1. The maximum atomic E-state index is 12.8. The minimum Gasteiger partial charge on any atom is -0.345 e. The van der Waals surface area contributed by atoms with Crippen LogP contribution in [0.1, 0.15) is 47.5 Å². The first-order valence-corrected chi connectivity index (χ1v) is 11.5. The van der Waals surface area contributed by atoms with Crippen molar-refractivity contribution in [2.45, 2.75) is 43.7 Å². The molecular weight excluding hydrogens is 386 g/mol. The van der Waals surface area contributed by atoms with Gasteiger partial charge in [0, 0.05) is 56.7 Å². The molecule has 3 aliphatic heterocycles. The fraction of sp³-hybridized carbons (Fsp3) is 0.462. The molecule has 162 valence electrons. The number of rotatable bonds is 4. The Balaban J connectivity index is 1.24. The predicted octanol–water partition coefficient (Wildman–Crippen LogP) is 3.51. The molecule has 1 N–H and O–H groups in total. The highest BCUT2D eigenvalue weighted by molar-refractivity contribution is 5.94. The van der Waals surface area contributed by atoms with Gasteiger partial charge >= 0.3 is 0 Å². The molecule has 0 radical (unpaired) electrons. The average molecular weight is 418 g/mol. The molecule has 5 heteroatoms. The van der Waals surface area contributed by atoms with E-state index in [0.29, 0.717) is 29.5 Å². The molecule has 3 atom stereocenters. The summed E-state index contributed by atoms with van der Waals surface area (Å²) in [5, 5.41) is 3.65. The zero-order valence-electron chi connectivity index (χ0n) is 18.4. The second kappa shape index (κ2) is 8.12. The molecule has 0 aromatic heterocycles. The Morgan fingerprint density at radius 3 is 1.97 bits per heavy atom. The maximum Gasteiger partial charge on any atom is 0.253 e. The van der Waals surface area contributed by atoms with Gasteiger partial charge in [-0.1, -0.05) is 49.2 Å². The molecule has 3 saturated heterocycles. The van der Waals surface area contributed by atoms with Gasteiger partial charge in [-0.05, 0) is 41.7 Å². The summed E-state index contributed by atoms with van der Waals surface area (Å²) in [4.78, 5) is 28.6. The quantitative estimate of drug-likeness (QED) is 0.828. The van der Waals surface area contributed by atoms with Crippen molar-refractivity contribution in [2.24, 2.45) is 5.92 Å². The van der Waals surface area contributed by atoms with Crippen molar-refractivity contribution in [3.05, 3.63) is 59.7 Å². The van der Waals surface area contributed by atoms with Crippen LogP contribution < -0.4 is 5.32 Å². The summed E-state index contributed by atoms with van der Waals surface area (Å²) >= 11 is 0. The largest absolute Gasteiger partial charge is 0.345 e. The molecular formula is C26H31N3O2.